The average molecular weight is 493 g/mol. The summed E-state index contributed by atoms with van der Waals surface area (Å²) >= 11 is 0. The summed E-state index contributed by atoms with van der Waals surface area (Å²) in [5.41, 5.74) is 0.0385. The van der Waals surface area contributed by atoms with Gasteiger partial charge in [-0.3, -0.25) is 33.7 Å². The number of rotatable bonds is 11. The first kappa shape index (κ1) is 28.9. The van der Waals surface area contributed by atoms with Crippen molar-refractivity contribution in [3.63, 3.8) is 0 Å². The number of esters is 4. The Morgan fingerprint density at radius 1 is 0.771 bits per heavy atom. The van der Waals surface area contributed by atoms with Crippen molar-refractivity contribution < 1.29 is 52.5 Å². The smallest absolute Gasteiger partial charge is 0.303 e. The molecule has 1 aromatic carbocycles. The van der Waals surface area contributed by atoms with Gasteiger partial charge in [0.25, 0.3) is 5.91 Å². The lowest BCUT2D eigenvalue weighted by Gasteiger charge is -2.37. The van der Waals surface area contributed by atoms with Gasteiger partial charge in [-0.15, -0.1) is 0 Å². The van der Waals surface area contributed by atoms with E-state index in [4.69, 9.17) is 18.9 Å². The number of carbonyl (C=O) groups excluding carboxylic acids is 7. The van der Waals surface area contributed by atoms with E-state index in [9.17, 15) is 33.6 Å². The van der Waals surface area contributed by atoms with Gasteiger partial charge in [0.1, 0.15) is 18.9 Å². The topological polar surface area (TPSA) is 160 Å². The molecule has 2 amide bonds. The summed E-state index contributed by atoms with van der Waals surface area (Å²) in [5, 5.41) is 0. The Labute approximate surface area is 201 Å². The van der Waals surface area contributed by atoms with E-state index in [1.165, 1.54) is 24.3 Å². The molecular formula is C23H27NO11. The molecule has 0 fully saturated rings. The van der Waals surface area contributed by atoms with E-state index >= 15 is 0 Å². The van der Waals surface area contributed by atoms with Gasteiger partial charge in [0.2, 0.25) is 5.91 Å². The molecule has 12 heteroatoms. The fourth-order valence-electron chi connectivity index (χ4n) is 3.17. The van der Waals surface area contributed by atoms with Gasteiger partial charge in [0.15, 0.2) is 18.3 Å². The molecule has 0 radical (unpaired) electrons. The molecular weight excluding hydrogens is 466 g/mol. The monoisotopic (exact) mass is 493 g/mol. The van der Waals surface area contributed by atoms with Crippen molar-refractivity contribution in [1.29, 1.82) is 0 Å². The summed E-state index contributed by atoms with van der Waals surface area (Å²) in [6, 6.07) is 5.66. The van der Waals surface area contributed by atoms with Crippen LogP contribution in [0.15, 0.2) is 30.3 Å². The summed E-state index contributed by atoms with van der Waals surface area (Å²) in [5.74, 6) is -5.36. The summed E-state index contributed by atoms with van der Waals surface area (Å²) in [4.78, 5) is 85.3. The Kier molecular flexibility index (Phi) is 11.2. The molecule has 0 aliphatic carbocycles. The molecule has 0 bridgehead atoms. The van der Waals surface area contributed by atoms with E-state index in [1.54, 1.807) is 6.07 Å². The Hall–Kier alpha value is -4.09. The maximum Gasteiger partial charge on any atom is 0.303 e. The van der Waals surface area contributed by atoms with Gasteiger partial charge in [-0.05, 0) is 12.1 Å². The van der Waals surface area contributed by atoms with E-state index in [0.29, 0.717) is 4.90 Å². The highest BCUT2D eigenvalue weighted by Crippen LogP contribution is 2.22. The fourth-order valence-corrected chi connectivity index (χ4v) is 3.17. The van der Waals surface area contributed by atoms with E-state index in [1.807, 2.05) is 0 Å². The lowest BCUT2D eigenvalue weighted by atomic mass is 9.98. The van der Waals surface area contributed by atoms with E-state index in [-0.39, 0.29) is 11.8 Å². The molecule has 0 N–H and O–H groups in total. The Balaban J connectivity index is 3.65. The Morgan fingerprint density at radius 2 is 1.29 bits per heavy atom. The first-order valence-electron chi connectivity index (χ1n) is 10.4. The van der Waals surface area contributed by atoms with Crippen molar-refractivity contribution in [2.75, 3.05) is 6.61 Å². The van der Waals surface area contributed by atoms with Crippen LogP contribution < -0.4 is 0 Å². The molecule has 4 unspecified atom stereocenters. The Morgan fingerprint density at radius 3 is 1.71 bits per heavy atom. The minimum Gasteiger partial charge on any atom is -0.462 e. The van der Waals surface area contributed by atoms with Gasteiger partial charge in [-0.2, -0.15) is 0 Å². The minimum atomic E-state index is -1.83. The van der Waals surface area contributed by atoms with Crippen LogP contribution in [-0.2, 0) is 47.7 Å². The Bertz CT molecular complexity index is 959. The zero-order valence-corrected chi connectivity index (χ0v) is 19.9. The van der Waals surface area contributed by atoms with Crippen LogP contribution in [-0.4, -0.2) is 77.8 Å². The van der Waals surface area contributed by atoms with Crippen LogP contribution in [0, 0.1) is 0 Å². The van der Waals surface area contributed by atoms with Crippen molar-refractivity contribution >= 4 is 42.0 Å². The molecule has 0 spiro atoms. The lowest BCUT2D eigenvalue weighted by Crippen LogP contribution is -2.59. The zero-order chi connectivity index (χ0) is 26.7. The number of aldehydes is 1. The van der Waals surface area contributed by atoms with Gasteiger partial charge in [-0.25, -0.2) is 0 Å². The number of nitrogens with zero attached hydrogens (tertiary/aromatic N) is 1. The highest BCUT2D eigenvalue weighted by Gasteiger charge is 2.46. The second kappa shape index (κ2) is 13.6. The summed E-state index contributed by atoms with van der Waals surface area (Å²) < 4.78 is 20.4. The number of benzene rings is 1. The van der Waals surface area contributed by atoms with Crippen molar-refractivity contribution in [2.45, 2.75) is 59.0 Å². The van der Waals surface area contributed by atoms with Crippen molar-refractivity contribution in [3.05, 3.63) is 35.9 Å². The largest absolute Gasteiger partial charge is 0.462 e. The van der Waals surface area contributed by atoms with Gasteiger partial charge in [0.05, 0.1) is 0 Å². The third-order valence-corrected chi connectivity index (χ3v) is 4.42. The molecule has 0 aliphatic rings. The highest BCUT2D eigenvalue weighted by molar-refractivity contribution is 6.06. The fraction of sp³-hybridized carbons (Fsp3) is 0.435. The number of carbonyl (C=O) groups is 7. The van der Waals surface area contributed by atoms with Crippen LogP contribution in [0.2, 0.25) is 0 Å². The van der Waals surface area contributed by atoms with Gasteiger partial charge < -0.3 is 23.7 Å². The summed E-state index contributed by atoms with van der Waals surface area (Å²) in [6.07, 6.45) is -4.98. The second-order valence-corrected chi connectivity index (χ2v) is 7.29. The standard InChI is InChI=1S/C23H27NO11/c1-13(26)24(23(31)18-9-7-6-8-10-18)19(11-25)21(34-16(4)29)22(35-17(5)30)20(33-15(3)28)12-32-14(2)27/h6-11,19-22H,12H2,1-5H3. The first-order chi connectivity index (χ1) is 16.4. The van der Waals surface area contributed by atoms with E-state index < -0.39 is 66.7 Å². The number of amides is 2. The lowest BCUT2D eigenvalue weighted by molar-refractivity contribution is -0.193. The molecule has 190 valence electrons. The third kappa shape index (κ3) is 8.99. The molecule has 0 heterocycles. The molecule has 12 nitrogen and oxygen atoms in total. The molecule has 35 heavy (non-hydrogen) atoms. The maximum atomic E-state index is 13.1. The molecule has 0 saturated heterocycles. The zero-order valence-electron chi connectivity index (χ0n) is 19.9. The SMILES string of the molecule is CC(=O)OCC(OC(C)=O)C(OC(C)=O)C(OC(C)=O)C(C=O)N(C(C)=O)C(=O)c1ccccc1. The van der Waals surface area contributed by atoms with Crippen molar-refractivity contribution in [3.8, 4) is 0 Å². The number of hydrogen-bond acceptors (Lipinski definition) is 11. The molecule has 0 aliphatic heterocycles. The van der Waals surface area contributed by atoms with Crippen LogP contribution in [0.3, 0.4) is 0 Å². The first-order valence-corrected chi connectivity index (χ1v) is 10.4. The molecule has 1 aromatic rings. The third-order valence-electron chi connectivity index (χ3n) is 4.42. The number of hydrogen-bond donors (Lipinski definition) is 0. The maximum absolute atomic E-state index is 13.1. The van der Waals surface area contributed by atoms with Crippen LogP contribution >= 0.6 is 0 Å². The van der Waals surface area contributed by atoms with Crippen molar-refractivity contribution in [1.82, 2.24) is 4.90 Å². The normalized spacial score (nSPS) is 13.7. The van der Waals surface area contributed by atoms with Crippen LogP contribution in [0.5, 0.6) is 0 Å². The molecule has 1 rings (SSSR count). The molecule has 0 aromatic heterocycles. The number of imide groups is 1. The van der Waals surface area contributed by atoms with Crippen LogP contribution in [0.4, 0.5) is 0 Å². The van der Waals surface area contributed by atoms with Gasteiger partial charge in [0, 0.05) is 40.2 Å². The predicted octanol–water partition coefficient (Wildman–Crippen LogP) is 0.601. The highest BCUT2D eigenvalue weighted by atomic mass is 16.6. The van der Waals surface area contributed by atoms with Crippen LogP contribution in [0.1, 0.15) is 45.0 Å². The van der Waals surface area contributed by atoms with Gasteiger partial charge in [-0.1, -0.05) is 18.2 Å². The predicted molar refractivity (Wildman–Crippen MR) is 116 cm³/mol. The second-order valence-electron chi connectivity index (χ2n) is 7.29. The van der Waals surface area contributed by atoms with Crippen molar-refractivity contribution in [2.24, 2.45) is 0 Å². The molecule has 0 saturated carbocycles. The van der Waals surface area contributed by atoms with Gasteiger partial charge >= 0.3 is 23.9 Å². The van der Waals surface area contributed by atoms with E-state index in [0.717, 1.165) is 34.6 Å². The van der Waals surface area contributed by atoms with E-state index in [2.05, 4.69) is 0 Å². The summed E-state index contributed by atoms with van der Waals surface area (Å²) in [7, 11) is 0. The summed E-state index contributed by atoms with van der Waals surface area (Å²) in [6.45, 7) is 4.41. The quantitative estimate of drug-likeness (QED) is 0.241. The minimum absolute atomic E-state index is 0.0385. The number of ether oxygens (including phenoxy) is 4. The average Bonchev–Trinajstić information content (AvgIpc) is 2.76. The van der Waals surface area contributed by atoms with Crippen LogP contribution in [0.25, 0.3) is 0 Å². The molecule has 4 atom stereocenters.